The maximum atomic E-state index is 6.38. The third-order valence-electron chi connectivity index (χ3n) is 4.13. The molecule has 1 nitrogen and oxygen atoms in total. The lowest BCUT2D eigenvalue weighted by Crippen LogP contribution is -2.37. The number of hydrogen-bond donors (Lipinski definition) is 1. The lowest BCUT2D eigenvalue weighted by atomic mass is 9.76. The summed E-state index contributed by atoms with van der Waals surface area (Å²) in [5.41, 5.74) is 1.55. The summed E-state index contributed by atoms with van der Waals surface area (Å²) in [5.74, 6) is 0.692. The van der Waals surface area contributed by atoms with E-state index in [4.69, 9.17) is 11.6 Å². The van der Waals surface area contributed by atoms with E-state index in [0.29, 0.717) is 11.3 Å². The van der Waals surface area contributed by atoms with E-state index in [0.717, 1.165) is 29.0 Å². The van der Waals surface area contributed by atoms with Crippen LogP contribution in [0.3, 0.4) is 0 Å². The molecule has 0 aliphatic heterocycles. The Kier molecular flexibility index (Phi) is 7.57. The third-order valence-corrected chi connectivity index (χ3v) is 4.98. The van der Waals surface area contributed by atoms with Gasteiger partial charge in [0.2, 0.25) is 0 Å². The second-order valence-corrected chi connectivity index (χ2v) is 7.47. The highest BCUT2D eigenvalue weighted by Crippen LogP contribution is 2.33. The summed E-state index contributed by atoms with van der Waals surface area (Å²) in [6.07, 6.45) is 3.37. The summed E-state index contributed by atoms with van der Waals surface area (Å²) in [4.78, 5) is 0. The molecular weight excluding hydrogens is 334 g/mol. The lowest BCUT2D eigenvalue weighted by molar-refractivity contribution is 0.243. The Morgan fingerprint density at radius 3 is 2.40 bits per heavy atom. The predicted octanol–water partition coefficient (Wildman–Crippen LogP) is 5.70. The Balaban J connectivity index is 2.79. The Labute approximate surface area is 137 Å². The molecule has 20 heavy (non-hydrogen) atoms. The van der Waals surface area contributed by atoms with Crippen molar-refractivity contribution in [3.8, 4) is 0 Å². The molecule has 0 aliphatic carbocycles. The fourth-order valence-corrected chi connectivity index (χ4v) is 3.25. The van der Waals surface area contributed by atoms with Crippen LogP contribution in [0.1, 0.15) is 46.1 Å². The molecule has 0 heterocycles. The molecule has 0 atom stereocenters. The molecule has 0 aliphatic rings. The van der Waals surface area contributed by atoms with Gasteiger partial charge in [-0.15, -0.1) is 0 Å². The van der Waals surface area contributed by atoms with Crippen molar-refractivity contribution < 1.29 is 0 Å². The molecule has 0 spiro atoms. The normalized spacial score (nSPS) is 12.2. The Morgan fingerprint density at radius 1 is 1.25 bits per heavy atom. The molecule has 0 bridgehead atoms. The SMILES string of the molecule is CCC(CC)(CNCC(C)C)Cc1ccc(Br)cc1Cl. The molecule has 1 N–H and O–H groups in total. The average Bonchev–Trinajstić information content (AvgIpc) is 2.40. The molecule has 0 saturated heterocycles. The van der Waals surface area contributed by atoms with Crippen molar-refractivity contribution in [1.82, 2.24) is 5.32 Å². The average molecular weight is 361 g/mol. The first-order valence-electron chi connectivity index (χ1n) is 7.57. The van der Waals surface area contributed by atoms with Crippen LogP contribution in [0.15, 0.2) is 22.7 Å². The zero-order valence-electron chi connectivity index (χ0n) is 13.1. The van der Waals surface area contributed by atoms with Gasteiger partial charge < -0.3 is 5.32 Å². The maximum absolute atomic E-state index is 6.38. The van der Waals surface area contributed by atoms with Gasteiger partial charge in [0.25, 0.3) is 0 Å². The quantitative estimate of drug-likeness (QED) is 0.627. The van der Waals surface area contributed by atoms with E-state index in [1.54, 1.807) is 0 Å². The molecule has 3 heteroatoms. The van der Waals surface area contributed by atoms with E-state index in [1.807, 2.05) is 6.07 Å². The van der Waals surface area contributed by atoms with Gasteiger partial charge in [-0.2, -0.15) is 0 Å². The zero-order valence-corrected chi connectivity index (χ0v) is 15.4. The first kappa shape index (κ1) is 18.0. The van der Waals surface area contributed by atoms with Crippen LogP contribution in [0.4, 0.5) is 0 Å². The smallest absolute Gasteiger partial charge is 0.0449 e. The van der Waals surface area contributed by atoms with Crippen LogP contribution in [0.2, 0.25) is 5.02 Å². The number of rotatable bonds is 8. The second-order valence-electron chi connectivity index (χ2n) is 6.14. The highest BCUT2D eigenvalue weighted by molar-refractivity contribution is 9.10. The molecule has 1 aromatic rings. The zero-order chi connectivity index (χ0) is 15.2. The van der Waals surface area contributed by atoms with E-state index < -0.39 is 0 Å². The minimum absolute atomic E-state index is 0.298. The Morgan fingerprint density at radius 2 is 1.90 bits per heavy atom. The van der Waals surface area contributed by atoms with Crippen LogP contribution in [0.5, 0.6) is 0 Å². The van der Waals surface area contributed by atoms with Crippen LogP contribution in [-0.2, 0) is 6.42 Å². The Bertz CT molecular complexity index is 413. The van der Waals surface area contributed by atoms with Gasteiger partial charge >= 0.3 is 0 Å². The van der Waals surface area contributed by atoms with E-state index in [9.17, 15) is 0 Å². The molecule has 0 saturated carbocycles. The van der Waals surface area contributed by atoms with Crippen molar-refractivity contribution in [1.29, 1.82) is 0 Å². The second kappa shape index (κ2) is 8.41. The molecule has 0 fully saturated rings. The number of halogens is 2. The molecule has 0 unspecified atom stereocenters. The molecular formula is C17H27BrClN. The summed E-state index contributed by atoms with van der Waals surface area (Å²) in [6, 6.07) is 6.22. The van der Waals surface area contributed by atoms with Crippen LogP contribution in [0, 0.1) is 11.3 Å². The third kappa shape index (κ3) is 5.38. The number of benzene rings is 1. The monoisotopic (exact) mass is 359 g/mol. The van der Waals surface area contributed by atoms with E-state index in [2.05, 4.69) is 61.1 Å². The van der Waals surface area contributed by atoms with Crippen molar-refractivity contribution in [2.45, 2.75) is 47.0 Å². The van der Waals surface area contributed by atoms with Crippen molar-refractivity contribution in [2.75, 3.05) is 13.1 Å². The van der Waals surface area contributed by atoms with Gasteiger partial charge in [-0.25, -0.2) is 0 Å². The van der Waals surface area contributed by atoms with Gasteiger partial charge in [0, 0.05) is 16.0 Å². The van der Waals surface area contributed by atoms with Crippen LogP contribution in [0.25, 0.3) is 0 Å². The summed E-state index contributed by atoms with van der Waals surface area (Å²) in [6.45, 7) is 11.2. The first-order valence-corrected chi connectivity index (χ1v) is 8.74. The molecule has 0 radical (unpaired) electrons. The van der Waals surface area contributed by atoms with Crippen LogP contribution < -0.4 is 5.32 Å². The Hall–Kier alpha value is -0.0500. The van der Waals surface area contributed by atoms with Gasteiger partial charge in [-0.3, -0.25) is 0 Å². The van der Waals surface area contributed by atoms with Crippen LogP contribution >= 0.6 is 27.5 Å². The molecule has 0 amide bonds. The number of hydrogen-bond acceptors (Lipinski definition) is 1. The van der Waals surface area contributed by atoms with Gasteiger partial charge in [0.15, 0.2) is 0 Å². The maximum Gasteiger partial charge on any atom is 0.0449 e. The summed E-state index contributed by atoms with van der Waals surface area (Å²) < 4.78 is 1.04. The molecule has 1 rings (SSSR count). The fourth-order valence-electron chi connectivity index (χ4n) is 2.51. The first-order chi connectivity index (χ1) is 9.42. The topological polar surface area (TPSA) is 12.0 Å². The fraction of sp³-hybridized carbons (Fsp3) is 0.647. The van der Waals surface area contributed by atoms with Crippen molar-refractivity contribution >= 4 is 27.5 Å². The lowest BCUT2D eigenvalue weighted by Gasteiger charge is -2.33. The largest absolute Gasteiger partial charge is 0.316 e. The van der Waals surface area contributed by atoms with E-state index in [-0.39, 0.29) is 0 Å². The molecule has 1 aromatic carbocycles. The summed E-state index contributed by atoms with van der Waals surface area (Å²) in [7, 11) is 0. The van der Waals surface area contributed by atoms with Crippen molar-refractivity contribution in [2.24, 2.45) is 11.3 Å². The minimum Gasteiger partial charge on any atom is -0.316 e. The van der Waals surface area contributed by atoms with Gasteiger partial charge in [-0.05, 0) is 54.8 Å². The highest BCUT2D eigenvalue weighted by Gasteiger charge is 2.27. The standard InChI is InChI=1S/C17H27BrClN/c1-5-17(6-2,12-20-11-13(3)4)10-14-7-8-15(18)9-16(14)19/h7-9,13,20H,5-6,10-12H2,1-4H3. The molecule has 114 valence electrons. The van der Waals surface area contributed by atoms with Crippen LogP contribution in [-0.4, -0.2) is 13.1 Å². The van der Waals surface area contributed by atoms with Gasteiger partial charge in [-0.1, -0.05) is 61.3 Å². The number of nitrogens with one attached hydrogen (secondary N) is 1. The summed E-state index contributed by atoms with van der Waals surface area (Å²) >= 11 is 9.85. The highest BCUT2D eigenvalue weighted by atomic mass is 79.9. The van der Waals surface area contributed by atoms with Crippen molar-refractivity contribution in [3.05, 3.63) is 33.3 Å². The van der Waals surface area contributed by atoms with E-state index in [1.165, 1.54) is 18.4 Å². The predicted molar refractivity (Wildman–Crippen MR) is 93.6 cm³/mol. The minimum atomic E-state index is 0.298. The van der Waals surface area contributed by atoms with Gasteiger partial charge in [0.05, 0.1) is 0 Å². The van der Waals surface area contributed by atoms with Crippen molar-refractivity contribution in [3.63, 3.8) is 0 Å². The summed E-state index contributed by atoms with van der Waals surface area (Å²) in [5, 5.41) is 4.50. The van der Waals surface area contributed by atoms with Gasteiger partial charge in [0.1, 0.15) is 0 Å². The molecule has 0 aromatic heterocycles. The van der Waals surface area contributed by atoms with E-state index >= 15 is 0 Å².